The fourth-order valence-corrected chi connectivity index (χ4v) is 2.77. The van der Waals surface area contributed by atoms with Crippen LogP contribution < -0.4 is 0 Å². The summed E-state index contributed by atoms with van der Waals surface area (Å²) >= 11 is 0. The molecule has 0 aliphatic carbocycles. The van der Waals surface area contributed by atoms with E-state index in [9.17, 15) is 62.2 Å². The van der Waals surface area contributed by atoms with Crippen molar-refractivity contribution >= 4 is 0 Å². The molecular formula is C17H23F13O. The van der Waals surface area contributed by atoms with Crippen molar-refractivity contribution in [2.24, 2.45) is 0 Å². The monoisotopic (exact) mass is 490 g/mol. The van der Waals surface area contributed by atoms with Crippen LogP contribution in [0.15, 0.2) is 0 Å². The summed E-state index contributed by atoms with van der Waals surface area (Å²) in [5.74, 6) is -37.1. The highest BCUT2D eigenvalue weighted by molar-refractivity contribution is 5.11. The van der Waals surface area contributed by atoms with Crippen molar-refractivity contribution in [1.29, 1.82) is 0 Å². The van der Waals surface area contributed by atoms with Crippen molar-refractivity contribution in [2.45, 2.75) is 107 Å². The Balaban J connectivity index is 5.61. The van der Waals surface area contributed by atoms with Crippen LogP contribution in [0.1, 0.15) is 65.2 Å². The number of hydrogen-bond acceptors (Lipinski definition) is 1. The molecule has 0 rings (SSSR count). The molecule has 1 atom stereocenters. The minimum atomic E-state index is -7.92. The van der Waals surface area contributed by atoms with Gasteiger partial charge in [-0.15, -0.1) is 0 Å². The predicted octanol–water partition coefficient (Wildman–Crippen LogP) is 7.62. The summed E-state index contributed by atoms with van der Waals surface area (Å²) in [6, 6.07) is 0. The Labute approximate surface area is 170 Å². The van der Waals surface area contributed by atoms with Gasteiger partial charge >= 0.3 is 35.8 Å². The molecule has 0 aliphatic heterocycles. The molecule has 0 radical (unpaired) electrons. The van der Waals surface area contributed by atoms with Crippen LogP contribution in [0, 0.1) is 0 Å². The van der Waals surface area contributed by atoms with Crippen LogP contribution in [0.5, 0.6) is 0 Å². The quantitative estimate of drug-likeness (QED) is 0.208. The van der Waals surface area contributed by atoms with Crippen LogP contribution >= 0.6 is 0 Å². The molecule has 0 heterocycles. The van der Waals surface area contributed by atoms with Gasteiger partial charge in [-0.2, -0.15) is 57.1 Å². The zero-order chi connectivity index (χ0) is 25.2. The minimum Gasteiger partial charge on any atom is -0.390 e. The second-order valence-electron chi connectivity index (χ2n) is 7.69. The van der Waals surface area contributed by atoms with Gasteiger partial charge in [0.1, 0.15) is 0 Å². The number of hydrogen-bond donors (Lipinski definition) is 1. The fourth-order valence-electron chi connectivity index (χ4n) is 2.77. The number of rotatable bonds is 13. The van der Waals surface area contributed by atoms with E-state index in [1.54, 1.807) is 0 Å². The van der Waals surface area contributed by atoms with E-state index >= 15 is 0 Å². The zero-order valence-electron chi connectivity index (χ0n) is 16.5. The average molecular weight is 490 g/mol. The standard InChI is InChI=1S/C17H23F13O/c1-3-4-5-6-7-8-9-11(2,31)10-12(18,19)13(20,21)14(22,23)15(24,25)16(26,27)17(28,29)30/h31H,3-10H2,1-2H3. The molecule has 0 aromatic carbocycles. The van der Waals surface area contributed by atoms with Crippen molar-refractivity contribution in [3.63, 3.8) is 0 Å². The summed E-state index contributed by atoms with van der Waals surface area (Å²) in [7, 11) is 0. The molecule has 14 heteroatoms. The molecule has 0 saturated carbocycles. The first-order valence-electron chi connectivity index (χ1n) is 9.20. The molecular weight excluding hydrogens is 467 g/mol. The number of unbranched alkanes of at least 4 members (excludes halogenated alkanes) is 5. The molecule has 0 aliphatic rings. The highest BCUT2D eigenvalue weighted by Gasteiger charge is 2.90. The van der Waals surface area contributed by atoms with Crippen LogP contribution in [0.3, 0.4) is 0 Å². The molecule has 1 nitrogen and oxygen atoms in total. The third-order valence-corrected chi connectivity index (χ3v) is 4.67. The predicted molar refractivity (Wildman–Crippen MR) is 84.0 cm³/mol. The lowest BCUT2D eigenvalue weighted by atomic mass is 9.85. The maximum Gasteiger partial charge on any atom is 0.460 e. The number of aliphatic hydroxyl groups is 1. The number of halogens is 13. The van der Waals surface area contributed by atoms with Crippen LogP contribution in [0.2, 0.25) is 0 Å². The molecule has 0 spiro atoms. The molecule has 1 N–H and O–H groups in total. The lowest BCUT2D eigenvalue weighted by Crippen LogP contribution is -2.70. The Morgan fingerprint density at radius 3 is 1.35 bits per heavy atom. The molecule has 0 saturated heterocycles. The van der Waals surface area contributed by atoms with Gasteiger partial charge in [0.25, 0.3) is 0 Å². The molecule has 0 amide bonds. The number of alkyl halides is 13. The topological polar surface area (TPSA) is 20.2 Å². The summed E-state index contributed by atoms with van der Waals surface area (Å²) in [6.07, 6.45) is -7.43. The zero-order valence-corrected chi connectivity index (χ0v) is 16.5. The van der Waals surface area contributed by atoms with E-state index in [-0.39, 0.29) is 6.42 Å². The van der Waals surface area contributed by atoms with Gasteiger partial charge in [0, 0.05) is 6.42 Å². The van der Waals surface area contributed by atoms with Crippen LogP contribution in [0.4, 0.5) is 57.1 Å². The third-order valence-electron chi connectivity index (χ3n) is 4.67. The van der Waals surface area contributed by atoms with Crippen molar-refractivity contribution in [1.82, 2.24) is 0 Å². The Bertz CT molecular complexity index is 567. The SMILES string of the molecule is CCCCCCCCC(C)(O)CC(F)(F)C(F)(F)C(F)(F)C(F)(F)C(F)(F)C(F)(F)F. The summed E-state index contributed by atoms with van der Waals surface area (Å²) in [4.78, 5) is 0. The summed E-state index contributed by atoms with van der Waals surface area (Å²) < 4.78 is 170. The van der Waals surface area contributed by atoms with E-state index in [1.165, 1.54) is 0 Å². The summed E-state index contributed by atoms with van der Waals surface area (Å²) in [5, 5.41) is 9.80. The first kappa shape index (κ1) is 30.0. The largest absolute Gasteiger partial charge is 0.460 e. The first-order valence-corrected chi connectivity index (χ1v) is 9.20. The van der Waals surface area contributed by atoms with Gasteiger partial charge in [0.05, 0.1) is 5.60 Å². The van der Waals surface area contributed by atoms with E-state index < -0.39 is 54.2 Å². The van der Waals surface area contributed by atoms with E-state index in [4.69, 9.17) is 0 Å². The van der Waals surface area contributed by atoms with E-state index in [0.717, 1.165) is 19.3 Å². The molecule has 0 aromatic heterocycles. The molecule has 0 aromatic rings. The Kier molecular flexibility index (Phi) is 9.21. The van der Waals surface area contributed by atoms with E-state index in [0.29, 0.717) is 19.8 Å². The van der Waals surface area contributed by atoms with Gasteiger partial charge in [-0.25, -0.2) is 0 Å². The van der Waals surface area contributed by atoms with Crippen molar-refractivity contribution in [3.05, 3.63) is 0 Å². The van der Waals surface area contributed by atoms with Crippen molar-refractivity contribution < 1.29 is 62.2 Å². The highest BCUT2D eigenvalue weighted by Crippen LogP contribution is 2.61. The Morgan fingerprint density at radius 1 is 0.548 bits per heavy atom. The van der Waals surface area contributed by atoms with Gasteiger partial charge in [-0.05, 0) is 13.3 Å². The maximum atomic E-state index is 13.8. The molecule has 31 heavy (non-hydrogen) atoms. The van der Waals surface area contributed by atoms with Gasteiger partial charge in [-0.3, -0.25) is 0 Å². The second-order valence-corrected chi connectivity index (χ2v) is 7.69. The van der Waals surface area contributed by atoms with E-state index in [1.807, 2.05) is 6.92 Å². The van der Waals surface area contributed by atoms with E-state index in [2.05, 4.69) is 0 Å². The third kappa shape index (κ3) is 6.10. The summed E-state index contributed by atoms with van der Waals surface area (Å²) in [6.45, 7) is 2.39. The first-order chi connectivity index (χ1) is 13.5. The Hall–Kier alpha value is -0.950. The van der Waals surface area contributed by atoms with Gasteiger partial charge < -0.3 is 5.11 Å². The molecule has 0 fully saturated rings. The lowest BCUT2D eigenvalue weighted by molar-refractivity contribution is -0.441. The maximum absolute atomic E-state index is 13.8. The van der Waals surface area contributed by atoms with Crippen LogP contribution in [-0.2, 0) is 0 Å². The second kappa shape index (κ2) is 9.50. The molecule has 1 unspecified atom stereocenters. The van der Waals surface area contributed by atoms with Gasteiger partial charge in [0.2, 0.25) is 0 Å². The summed E-state index contributed by atoms with van der Waals surface area (Å²) in [5.41, 5.74) is -2.82. The van der Waals surface area contributed by atoms with Crippen molar-refractivity contribution in [3.8, 4) is 0 Å². The van der Waals surface area contributed by atoms with Gasteiger partial charge in [-0.1, -0.05) is 45.4 Å². The smallest absolute Gasteiger partial charge is 0.390 e. The minimum absolute atomic E-state index is 0.0446. The van der Waals surface area contributed by atoms with Crippen LogP contribution in [0.25, 0.3) is 0 Å². The normalized spacial score (nSPS) is 17.0. The van der Waals surface area contributed by atoms with Gasteiger partial charge in [0.15, 0.2) is 0 Å². The average Bonchev–Trinajstić information content (AvgIpc) is 2.55. The van der Waals surface area contributed by atoms with Crippen molar-refractivity contribution in [2.75, 3.05) is 0 Å². The highest BCUT2D eigenvalue weighted by atomic mass is 19.4. The lowest BCUT2D eigenvalue weighted by Gasteiger charge is -2.41. The Morgan fingerprint density at radius 2 is 0.935 bits per heavy atom. The molecule has 188 valence electrons. The van der Waals surface area contributed by atoms with Crippen LogP contribution in [-0.4, -0.2) is 46.5 Å². The molecule has 0 bridgehead atoms. The fraction of sp³-hybridized carbons (Fsp3) is 1.00.